The molecule has 3 aromatic rings. The van der Waals surface area contributed by atoms with Gasteiger partial charge in [0.15, 0.2) is 0 Å². The maximum Gasteiger partial charge on any atom is 0.270 e. The Balaban J connectivity index is 1.43. The quantitative estimate of drug-likeness (QED) is 0.735. The number of aromatic nitrogens is 1. The van der Waals surface area contributed by atoms with Crippen molar-refractivity contribution in [3.05, 3.63) is 77.5 Å². The summed E-state index contributed by atoms with van der Waals surface area (Å²) >= 11 is 0. The molecule has 2 heterocycles. The van der Waals surface area contributed by atoms with Crippen LogP contribution in [0, 0.1) is 0 Å². The van der Waals surface area contributed by atoms with Crippen LogP contribution in [0.1, 0.15) is 40.9 Å². The summed E-state index contributed by atoms with van der Waals surface area (Å²) in [4.78, 5) is 18.7. The van der Waals surface area contributed by atoms with Gasteiger partial charge in [-0.1, -0.05) is 48.5 Å². The van der Waals surface area contributed by atoms with E-state index in [1.54, 1.807) is 11.0 Å². The van der Waals surface area contributed by atoms with Crippen LogP contribution in [0.15, 0.2) is 60.7 Å². The molecule has 4 heteroatoms. The van der Waals surface area contributed by atoms with E-state index < -0.39 is 0 Å². The minimum atomic E-state index is -0.124. The Morgan fingerprint density at radius 1 is 0.889 bits per heavy atom. The average Bonchev–Trinajstić information content (AvgIpc) is 2.73. The Morgan fingerprint density at radius 2 is 1.63 bits per heavy atom. The van der Waals surface area contributed by atoms with Gasteiger partial charge in [0.25, 0.3) is 5.91 Å². The maximum absolute atomic E-state index is 12.6. The Kier molecular flexibility index (Phi) is 5.45. The van der Waals surface area contributed by atoms with Gasteiger partial charge in [-0.25, -0.2) is 4.98 Å². The first-order valence-corrected chi connectivity index (χ1v) is 9.84. The van der Waals surface area contributed by atoms with E-state index in [0.717, 1.165) is 17.4 Å². The first-order valence-electron chi connectivity index (χ1n) is 9.84. The van der Waals surface area contributed by atoms with Crippen molar-refractivity contribution in [1.82, 2.24) is 10.3 Å². The number of carbonyl (C=O) groups is 1. The number of piperidine rings is 1. The normalized spacial score (nSPS) is 15.0. The van der Waals surface area contributed by atoms with Gasteiger partial charge in [0, 0.05) is 17.5 Å². The third-order valence-electron chi connectivity index (χ3n) is 5.39. The molecule has 1 saturated heterocycles. The van der Waals surface area contributed by atoms with Crippen LogP contribution >= 0.6 is 0 Å². The fourth-order valence-electron chi connectivity index (χ4n) is 3.86. The van der Waals surface area contributed by atoms with E-state index in [9.17, 15) is 4.79 Å². The molecule has 0 saturated carbocycles. The van der Waals surface area contributed by atoms with Crippen molar-refractivity contribution in [2.75, 3.05) is 13.1 Å². The number of nitrogens with one attached hydrogen (secondary N) is 2. The predicted octanol–water partition coefficient (Wildman–Crippen LogP) is 2.73. The summed E-state index contributed by atoms with van der Waals surface area (Å²) in [5.41, 5.74) is 3.85. The highest BCUT2D eigenvalue weighted by Gasteiger charge is 2.16. The zero-order valence-corrected chi connectivity index (χ0v) is 15.6. The number of nitrogens with zero attached hydrogens (tertiary/aromatic N) is 1. The number of amides is 1. The largest absolute Gasteiger partial charge is 0.347 e. The van der Waals surface area contributed by atoms with Crippen LogP contribution in [-0.2, 0) is 13.1 Å². The van der Waals surface area contributed by atoms with Crippen LogP contribution in [0.5, 0.6) is 0 Å². The highest BCUT2D eigenvalue weighted by Crippen LogP contribution is 2.12. The highest BCUT2D eigenvalue weighted by atomic mass is 16.1. The lowest BCUT2D eigenvalue weighted by molar-refractivity contribution is -0.918. The Labute approximate surface area is 160 Å². The molecule has 0 spiro atoms. The van der Waals surface area contributed by atoms with Crippen molar-refractivity contribution < 1.29 is 9.69 Å². The first kappa shape index (κ1) is 17.7. The second-order valence-electron chi connectivity index (χ2n) is 7.33. The maximum atomic E-state index is 12.6. The van der Waals surface area contributed by atoms with Crippen LogP contribution in [0.4, 0.5) is 0 Å². The standard InChI is InChI=1S/C23H25N3O/c27-23(22-13-12-18-8-4-5-11-21(18)25-22)24-16-19-9-2-3-10-20(19)17-26-14-6-1-7-15-26/h2-5,8-13H,1,6-7,14-17H2,(H,24,27)/p+1. The summed E-state index contributed by atoms with van der Waals surface area (Å²) in [6.45, 7) is 4.08. The van der Waals surface area contributed by atoms with E-state index >= 15 is 0 Å². The third kappa shape index (κ3) is 4.34. The number of benzene rings is 2. The van der Waals surface area contributed by atoms with Gasteiger partial charge in [-0.05, 0) is 37.0 Å². The number of para-hydroxylation sites is 1. The molecule has 0 unspecified atom stereocenters. The molecule has 2 N–H and O–H groups in total. The Morgan fingerprint density at radius 3 is 2.48 bits per heavy atom. The van der Waals surface area contributed by atoms with Gasteiger partial charge in [0.05, 0.1) is 18.6 Å². The molecule has 1 amide bonds. The topological polar surface area (TPSA) is 46.4 Å². The monoisotopic (exact) mass is 360 g/mol. The molecular weight excluding hydrogens is 334 g/mol. The molecule has 1 fully saturated rings. The van der Waals surface area contributed by atoms with E-state index in [4.69, 9.17) is 0 Å². The molecule has 0 aliphatic carbocycles. The van der Waals surface area contributed by atoms with Gasteiger partial charge in [-0.15, -0.1) is 0 Å². The SMILES string of the molecule is O=C(NCc1ccccc1C[NH+]1CCCCC1)c1ccc2ccccc2n1. The van der Waals surface area contributed by atoms with Crippen molar-refractivity contribution in [3.63, 3.8) is 0 Å². The number of fused-ring (bicyclic) bond motifs is 1. The van der Waals surface area contributed by atoms with E-state index in [2.05, 4.69) is 28.5 Å². The van der Waals surface area contributed by atoms with Crippen LogP contribution in [0.2, 0.25) is 0 Å². The summed E-state index contributed by atoms with van der Waals surface area (Å²) in [5, 5.41) is 4.09. The predicted molar refractivity (Wildman–Crippen MR) is 108 cm³/mol. The van der Waals surface area contributed by atoms with Gasteiger partial charge in [0.2, 0.25) is 0 Å². The number of pyridine rings is 1. The Bertz CT molecular complexity index is 932. The fourth-order valence-corrected chi connectivity index (χ4v) is 3.86. The van der Waals surface area contributed by atoms with Gasteiger partial charge < -0.3 is 10.2 Å². The molecule has 4 nitrogen and oxygen atoms in total. The number of carbonyl (C=O) groups excluding carboxylic acids is 1. The third-order valence-corrected chi connectivity index (χ3v) is 5.39. The average molecular weight is 360 g/mol. The number of likely N-dealkylation sites (tertiary alicyclic amines) is 1. The molecule has 4 rings (SSSR count). The van der Waals surface area contributed by atoms with Crippen LogP contribution in [-0.4, -0.2) is 24.0 Å². The van der Waals surface area contributed by atoms with Crippen molar-refractivity contribution in [1.29, 1.82) is 0 Å². The van der Waals surface area contributed by atoms with Gasteiger partial charge in [-0.2, -0.15) is 0 Å². The van der Waals surface area contributed by atoms with Gasteiger partial charge in [0.1, 0.15) is 12.2 Å². The molecule has 1 aliphatic heterocycles. The van der Waals surface area contributed by atoms with Crippen LogP contribution < -0.4 is 10.2 Å². The molecule has 1 aliphatic rings. The highest BCUT2D eigenvalue weighted by molar-refractivity contribution is 5.94. The molecule has 27 heavy (non-hydrogen) atoms. The van der Waals surface area contributed by atoms with E-state index in [1.807, 2.05) is 36.4 Å². The molecule has 0 radical (unpaired) electrons. The van der Waals surface area contributed by atoms with Crippen LogP contribution in [0.25, 0.3) is 10.9 Å². The lowest BCUT2D eigenvalue weighted by Crippen LogP contribution is -3.11. The zero-order valence-electron chi connectivity index (χ0n) is 15.6. The summed E-state index contributed by atoms with van der Waals surface area (Å²) in [7, 11) is 0. The first-order chi connectivity index (χ1) is 13.3. The number of hydrogen-bond donors (Lipinski definition) is 2. The van der Waals surface area contributed by atoms with Gasteiger partial charge in [-0.3, -0.25) is 4.79 Å². The lowest BCUT2D eigenvalue weighted by Gasteiger charge is -2.24. The minimum absolute atomic E-state index is 0.124. The fraction of sp³-hybridized carbons (Fsp3) is 0.304. The number of hydrogen-bond acceptors (Lipinski definition) is 2. The van der Waals surface area contributed by atoms with E-state index in [0.29, 0.717) is 12.2 Å². The molecule has 0 atom stereocenters. The molecule has 1 aromatic heterocycles. The number of rotatable bonds is 5. The Hall–Kier alpha value is -2.72. The second kappa shape index (κ2) is 8.31. The van der Waals surface area contributed by atoms with E-state index in [1.165, 1.54) is 43.5 Å². The molecular formula is C23H26N3O+. The summed E-state index contributed by atoms with van der Waals surface area (Å²) in [6, 6.07) is 20.0. The van der Waals surface area contributed by atoms with Crippen LogP contribution in [0.3, 0.4) is 0 Å². The molecule has 138 valence electrons. The second-order valence-corrected chi connectivity index (χ2v) is 7.33. The molecule has 0 bridgehead atoms. The van der Waals surface area contributed by atoms with Crippen molar-refractivity contribution in [3.8, 4) is 0 Å². The minimum Gasteiger partial charge on any atom is -0.347 e. The van der Waals surface area contributed by atoms with E-state index in [-0.39, 0.29) is 5.91 Å². The number of quaternary nitrogens is 1. The van der Waals surface area contributed by atoms with Crippen molar-refractivity contribution in [2.24, 2.45) is 0 Å². The summed E-state index contributed by atoms with van der Waals surface area (Å²) in [5.74, 6) is -0.124. The lowest BCUT2D eigenvalue weighted by atomic mass is 10.0. The smallest absolute Gasteiger partial charge is 0.270 e. The van der Waals surface area contributed by atoms with Crippen molar-refractivity contribution in [2.45, 2.75) is 32.4 Å². The zero-order chi connectivity index (χ0) is 18.5. The molecule has 2 aromatic carbocycles. The van der Waals surface area contributed by atoms with Gasteiger partial charge >= 0.3 is 0 Å². The summed E-state index contributed by atoms with van der Waals surface area (Å²) in [6.07, 6.45) is 4.00. The summed E-state index contributed by atoms with van der Waals surface area (Å²) < 4.78 is 0. The van der Waals surface area contributed by atoms with Crippen molar-refractivity contribution >= 4 is 16.8 Å².